The van der Waals surface area contributed by atoms with E-state index in [1.54, 1.807) is 19.5 Å². The van der Waals surface area contributed by atoms with E-state index in [0.29, 0.717) is 11.9 Å². The van der Waals surface area contributed by atoms with Gasteiger partial charge in [-0.1, -0.05) is 0 Å². The lowest BCUT2D eigenvalue weighted by Crippen LogP contribution is -2.38. The van der Waals surface area contributed by atoms with Gasteiger partial charge in [0.2, 0.25) is 0 Å². The molecule has 0 bridgehead atoms. The molecule has 1 fully saturated rings. The normalized spacial score (nSPS) is 16.3. The minimum absolute atomic E-state index is 0.409. The fourth-order valence-corrected chi connectivity index (χ4v) is 3.12. The van der Waals surface area contributed by atoms with Gasteiger partial charge in [0.1, 0.15) is 0 Å². The zero-order valence-electron chi connectivity index (χ0n) is 14.7. The molecular weight excluding hydrogens is 304 g/mol. The number of hydrogen-bond acceptors (Lipinski definition) is 6. The zero-order chi connectivity index (χ0) is 16.9. The van der Waals surface area contributed by atoms with Crippen molar-refractivity contribution in [3.63, 3.8) is 0 Å². The van der Waals surface area contributed by atoms with Crippen molar-refractivity contribution in [1.82, 2.24) is 24.6 Å². The number of rotatable bonds is 6. The Morgan fingerprint density at radius 2 is 2.00 bits per heavy atom. The van der Waals surface area contributed by atoms with Crippen molar-refractivity contribution >= 4 is 5.82 Å². The average molecular weight is 330 g/mol. The second-order valence-corrected chi connectivity index (χ2v) is 6.20. The van der Waals surface area contributed by atoms with E-state index in [1.807, 2.05) is 4.68 Å². The summed E-state index contributed by atoms with van der Waals surface area (Å²) in [6, 6.07) is 0.409. The van der Waals surface area contributed by atoms with E-state index in [4.69, 9.17) is 4.74 Å². The molecule has 7 nitrogen and oxygen atoms in total. The van der Waals surface area contributed by atoms with Gasteiger partial charge < -0.3 is 10.1 Å². The van der Waals surface area contributed by atoms with Crippen molar-refractivity contribution in [2.24, 2.45) is 0 Å². The molecule has 1 N–H and O–H groups in total. The summed E-state index contributed by atoms with van der Waals surface area (Å²) in [6.45, 7) is 8.25. The highest BCUT2D eigenvalue weighted by Crippen LogP contribution is 2.22. The van der Waals surface area contributed by atoms with Crippen molar-refractivity contribution < 1.29 is 4.74 Å². The molecule has 0 radical (unpaired) electrons. The van der Waals surface area contributed by atoms with Crippen LogP contribution in [0.2, 0.25) is 0 Å². The first-order valence-electron chi connectivity index (χ1n) is 8.56. The number of nitrogens with zero attached hydrogens (tertiary/aromatic N) is 5. The number of methoxy groups -OCH3 is 1. The summed E-state index contributed by atoms with van der Waals surface area (Å²) in [7, 11) is 1.62. The molecule has 0 amide bonds. The Morgan fingerprint density at radius 1 is 1.25 bits per heavy atom. The summed E-state index contributed by atoms with van der Waals surface area (Å²) in [5.74, 6) is 1.29. The number of anilines is 1. The maximum atomic E-state index is 5.26. The Kier molecular flexibility index (Phi) is 5.30. The van der Waals surface area contributed by atoms with E-state index < -0.39 is 0 Å². The van der Waals surface area contributed by atoms with E-state index in [0.717, 1.165) is 50.5 Å². The van der Waals surface area contributed by atoms with Crippen LogP contribution in [-0.4, -0.2) is 50.9 Å². The summed E-state index contributed by atoms with van der Waals surface area (Å²) in [5.41, 5.74) is 2.47. The van der Waals surface area contributed by atoms with Crippen LogP contribution in [0, 0.1) is 6.92 Å². The van der Waals surface area contributed by atoms with E-state index in [2.05, 4.69) is 45.3 Å². The van der Waals surface area contributed by atoms with Crippen LogP contribution in [0.3, 0.4) is 0 Å². The SMILES string of the molecule is CCn1cc(CN2CCC(Nc3nccnc3OC)CC2)c(C)n1. The van der Waals surface area contributed by atoms with E-state index in [-0.39, 0.29) is 0 Å². The minimum Gasteiger partial charge on any atom is -0.478 e. The quantitative estimate of drug-likeness (QED) is 0.875. The zero-order valence-corrected chi connectivity index (χ0v) is 14.7. The molecule has 0 unspecified atom stereocenters. The Morgan fingerprint density at radius 3 is 2.67 bits per heavy atom. The maximum Gasteiger partial charge on any atom is 0.257 e. The molecule has 1 aliphatic heterocycles. The third kappa shape index (κ3) is 3.84. The summed E-state index contributed by atoms with van der Waals surface area (Å²) in [4.78, 5) is 11.0. The lowest BCUT2D eigenvalue weighted by Gasteiger charge is -2.32. The molecule has 24 heavy (non-hydrogen) atoms. The molecule has 3 rings (SSSR count). The molecule has 1 saturated heterocycles. The van der Waals surface area contributed by atoms with E-state index in [1.165, 1.54) is 5.56 Å². The van der Waals surface area contributed by atoms with Crippen LogP contribution in [0.25, 0.3) is 0 Å². The fraction of sp³-hybridized carbons (Fsp3) is 0.588. The van der Waals surface area contributed by atoms with Crippen LogP contribution >= 0.6 is 0 Å². The molecule has 2 aromatic rings. The van der Waals surface area contributed by atoms with Gasteiger partial charge in [-0.25, -0.2) is 9.97 Å². The largest absolute Gasteiger partial charge is 0.478 e. The number of nitrogens with one attached hydrogen (secondary N) is 1. The Bertz CT molecular complexity index is 663. The third-order valence-electron chi connectivity index (χ3n) is 4.55. The first kappa shape index (κ1) is 16.7. The van der Waals surface area contributed by atoms with Gasteiger partial charge in [0, 0.05) is 56.4 Å². The molecule has 2 aromatic heterocycles. The van der Waals surface area contributed by atoms with Gasteiger partial charge in [-0.15, -0.1) is 0 Å². The second kappa shape index (κ2) is 7.61. The summed E-state index contributed by atoms with van der Waals surface area (Å²) in [5, 5.41) is 8.00. The Balaban J connectivity index is 1.53. The first-order chi connectivity index (χ1) is 11.7. The van der Waals surface area contributed by atoms with Crippen LogP contribution in [0.15, 0.2) is 18.6 Å². The highest BCUT2D eigenvalue weighted by Gasteiger charge is 2.21. The van der Waals surface area contributed by atoms with Crippen LogP contribution in [0.5, 0.6) is 5.88 Å². The second-order valence-electron chi connectivity index (χ2n) is 6.20. The number of aryl methyl sites for hydroxylation is 2. The van der Waals surface area contributed by atoms with Crippen molar-refractivity contribution in [3.05, 3.63) is 29.8 Å². The molecular formula is C17H26N6O. The molecule has 130 valence electrons. The highest BCUT2D eigenvalue weighted by molar-refractivity contribution is 5.45. The molecule has 0 saturated carbocycles. The number of likely N-dealkylation sites (tertiary alicyclic amines) is 1. The van der Waals surface area contributed by atoms with Gasteiger partial charge in [-0.3, -0.25) is 9.58 Å². The van der Waals surface area contributed by atoms with Crippen molar-refractivity contribution in [3.8, 4) is 5.88 Å². The molecule has 0 aromatic carbocycles. The van der Waals surface area contributed by atoms with Gasteiger partial charge >= 0.3 is 0 Å². The summed E-state index contributed by atoms with van der Waals surface area (Å²) < 4.78 is 7.27. The van der Waals surface area contributed by atoms with E-state index in [9.17, 15) is 0 Å². The van der Waals surface area contributed by atoms with Crippen molar-refractivity contribution in [2.45, 2.75) is 45.8 Å². The standard InChI is InChI=1S/C17H26N6O/c1-4-23-12-14(13(2)21-23)11-22-9-5-15(6-10-22)20-16-17(24-3)19-8-7-18-16/h7-8,12,15H,4-6,9-11H2,1-3H3,(H,18,20). The number of ether oxygens (including phenoxy) is 1. The lowest BCUT2D eigenvalue weighted by molar-refractivity contribution is 0.210. The lowest BCUT2D eigenvalue weighted by atomic mass is 10.0. The van der Waals surface area contributed by atoms with Crippen LogP contribution < -0.4 is 10.1 Å². The Labute approximate surface area is 143 Å². The van der Waals surface area contributed by atoms with Crippen LogP contribution in [0.4, 0.5) is 5.82 Å². The predicted molar refractivity (Wildman–Crippen MR) is 93.1 cm³/mol. The van der Waals surface area contributed by atoms with Crippen molar-refractivity contribution in [2.75, 3.05) is 25.5 Å². The van der Waals surface area contributed by atoms with Crippen molar-refractivity contribution in [1.29, 1.82) is 0 Å². The molecule has 7 heteroatoms. The first-order valence-corrected chi connectivity index (χ1v) is 8.56. The maximum absolute atomic E-state index is 5.26. The molecule has 0 spiro atoms. The number of aromatic nitrogens is 4. The monoisotopic (exact) mass is 330 g/mol. The molecule has 3 heterocycles. The van der Waals surface area contributed by atoms with Gasteiger partial charge in [0.05, 0.1) is 12.8 Å². The minimum atomic E-state index is 0.409. The highest BCUT2D eigenvalue weighted by atomic mass is 16.5. The smallest absolute Gasteiger partial charge is 0.257 e. The fourth-order valence-electron chi connectivity index (χ4n) is 3.12. The van der Waals surface area contributed by atoms with Crippen LogP contribution in [0.1, 0.15) is 31.0 Å². The molecule has 0 aliphatic carbocycles. The summed E-state index contributed by atoms with van der Waals surface area (Å²) in [6.07, 6.45) is 7.67. The number of hydrogen-bond donors (Lipinski definition) is 1. The topological polar surface area (TPSA) is 68.1 Å². The van der Waals surface area contributed by atoms with Gasteiger partial charge in [-0.05, 0) is 26.7 Å². The third-order valence-corrected chi connectivity index (χ3v) is 4.55. The predicted octanol–water partition coefficient (Wildman–Crippen LogP) is 2.09. The van der Waals surface area contributed by atoms with Crippen LogP contribution in [-0.2, 0) is 13.1 Å². The summed E-state index contributed by atoms with van der Waals surface area (Å²) >= 11 is 0. The number of piperidine rings is 1. The van der Waals surface area contributed by atoms with Gasteiger partial charge in [-0.2, -0.15) is 5.10 Å². The average Bonchev–Trinajstić information content (AvgIpc) is 2.97. The van der Waals surface area contributed by atoms with Gasteiger partial charge in [0.25, 0.3) is 5.88 Å². The molecule has 1 aliphatic rings. The van der Waals surface area contributed by atoms with Gasteiger partial charge in [0.15, 0.2) is 5.82 Å². The van der Waals surface area contributed by atoms with E-state index >= 15 is 0 Å². The Hall–Kier alpha value is -2.15. The molecule has 0 atom stereocenters.